The highest BCUT2D eigenvalue weighted by Gasteiger charge is 2.25. The third kappa shape index (κ3) is 2.86. The maximum absolute atomic E-state index is 11.5. The van der Waals surface area contributed by atoms with Crippen LogP contribution in [0, 0.1) is 0 Å². The predicted molar refractivity (Wildman–Crippen MR) is 61.4 cm³/mol. The van der Waals surface area contributed by atoms with Crippen molar-refractivity contribution in [3.8, 4) is 11.5 Å². The number of aliphatic hydroxyl groups is 1. The fraction of sp³-hybridized carbons (Fsp3) is 0.364. The molecule has 0 saturated heterocycles. The maximum atomic E-state index is 11.5. The second-order valence-electron chi connectivity index (χ2n) is 3.95. The molecule has 1 amide bonds. The molecular formula is C11H16N2O4. The van der Waals surface area contributed by atoms with Crippen LogP contribution < -0.4 is 5.73 Å². The van der Waals surface area contributed by atoms with Crippen LogP contribution >= 0.6 is 0 Å². The van der Waals surface area contributed by atoms with Gasteiger partial charge < -0.3 is 26.0 Å². The third-order valence-electron chi connectivity index (χ3n) is 2.41. The summed E-state index contributed by atoms with van der Waals surface area (Å²) in [6, 6.07) is 2.67. The average molecular weight is 240 g/mol. The van der Waals surface area contributed by atoms with Crippen LogP contribution in [0.5, 0.6) is 11.5 Å². The number of benzene rings is 1. The summed E-state index contributed by atoms with van der Waals surface area (Å²) in [5.41, 5.74) is 5.86. The van der Waals surface area contributed by atoms with Gasteiger partial charge in [0.2, 0.25) is 5.91 Å². The van der Waals surface area contributed by atoms with E-state index >= 15 is 0 Å². The molecule has 0 aliphatic rings. The molecule has 17 heavy (non-hydrogen) atoms. The molecule has 94 valence electrons. The summed E-state index contributed by atoms with van der Waals surface area (Å²) in [7, 11) is 3.06. The fourth-order valence-corrected chi connectivity index (χ4v) is 1.36. The molecule has 0 aliphatic heterocycles. The molecule has 6 heteroatoms. The van der Waals surface area contributed by atoms with Crippen molar-refractivity contribution in [2.45, 2.75) is 12.1 Å². The van der Waals surface area contributed by atoms with Gasteiger partial charge in [0.25, 0.3) is 0 Å². The molecule has 1 rings (SSSR count). The van der Waals surface area contributed by atoms with Crippen molar-refractivity contribution in [1.82, 2.24) is 4.90 Å². The normalized spacial score (nSPS) is 14.1. The summed E-state index contributed by atoms with van der Waals surface area (Å²) < 4.78 is 0. The number of phenols is 2. The summed E-state index contributed by atoms with van der Waals surface area (Å²) in [5.74, 6) is -1.09. The first-order valence-corrected chi connectivity index (χ1v) is 5.01. The minimum absolute atomic E-state index is 0.267. The van der Waals surface area contributed by atoms with Crippen molar-refractivity contribution in [1.29, 1.82) is 0 Å². The highest BCUT2D eigenvalue weighted by atomic mass is 16.3. The topological polar surface area (TPSA) is 107 Å². The molecule has 2 atom stereocenters. The van der Waals surface area contributed by atoms with Crippen LogP contribution in [0.3, 0.4) is 0 Å². The Hall–Kier alpha value is -1.79. The lowest BCUT2D eigenvalue weighted by atomic mass is 10.0. The summed E-state index contributed by atoms with van der Waals surface area (Å²) in [5, 5.41) is 28.3. The van der Waals surface area contributed by atoms with E-state index in [2.05, 4.69) is 0 Å². The van der Waals surface area contributed by atoms with E-state index in [9.17, 15) is 15.0 Å². The molecule has 0 aromatic heterocycles. The van der Waals surface area contributed by atoms with Crippen LogP contribution in [0.25, 0.3) is 0 Å². The lowest BCUT2D eigenvalue weighted by Crippen LogP contribution is -2.43. The number of nitrogens with zero attached hydrogens (tertiary/aromatic N) is 1. The van der Waals surface area contributed by atoms with Crippen molar-refractivity contribution in [2.75, 3.05) is 14.1 Å². The van der Waals surface area contributed by atoms with Gasteiger partial charge in [0.1, 0.15) is 12.1 Å². The first-order valence-electron chi connectivity index (χ1n) is 5.01. The number of amides is 1. The molecule has 0 heterocycles. The molecule has 5 N–H and O–H groups in total. The standard InChI is InChI=1S/C11H16N2O4/c1-13(2)11(17)9(12)10(16)6-3-4-7(14)8(15)5-6/h3-5,9-10,14-16H,12H2,1-2H3/t9-,10+/m1/s1. The second kappa shape index (κ2) is 5.03. The van der Waals surface area contributed by atoms with E-state index < -0.39 is 18.1 Å². The summed E-state index contributed by atoms with van der Waals surface area (Å²) in [6.45, 7) is 0. The Kier molecular flexibility index (Phi) is 3.93. The Labute approximate surface area is 98.9 Å². The molecule has 6 nitrogen and oxygen atoms in total. The van der Waals surface area contributed by atoms with Gasteiger partial charge in [-0.3, -0.25) is 4.79 Å². The van der Waals surface area contributed by atoms with Gasteiger partial charge in [-0.05, 0) is 17.7 Å². The number of likely N-dealkylation sites (N-methyl/N-ethyl adjacent to an activating group) is 1. The van der Waals surface area contributed by atoms with E-state index in [1.807, 2.05) is 0 Å². The summed E-state index contributed by atoms with van der Waals surface area (Å²) in [6.07, 6.45) is -1.24. The minimum atomic E-state index is -1.24. The number of hydrogen-bond donors (Lipinski definition) is 4. The Bertz CT molecular complexity index is 420. The SMILES string of the molecule is CN(C)C(=O)[C@H](N)[C@@H](O)c1ccc(O)c(O)c1. The predicted octanol–water partition coefficient (Wildman–Crippen LogP) is -0.453. The smallest absolute Gasteiger partial charge is 0.242 e. The lowest BCUT2D eigenvalue weighted by Gasteiger charge is -2.21. The lowest BCUT2D eigenvalue weighted by molar-refractivity contribution is -0.132. The number of hydrogen-bond acceptors (Lipinski definition) is 5. The van der Waals surface area contributed by atoms with E-state index in [4.69, 9.17) is 10.8 Å². The van der Waals surface area contributed by atoms with Crippen LogP contribution in [-0.4, -0.2) is 46.3 Å². The molecule has 0 saturated carbocycles. The van der Waals surface area contributed by atoms with Gasteiger partial charge in [0, 0.05) is 14.1 Å². The highest BCUT2D eigenvalue weighted by Crippen LogP contribution is 2.28. The Morgan fingerprint density at radius 1 is 1.29 bits per heavy atom. The number of rotatable bonds is 3. The zero-order valence-corrected chi connectivity index (χ0v) is 9.66. The van der Waals surface area contributed by atoms with Crippen LogP contribution in [0.2, 0.25) is 0 Å². The number of carbonyl (C=O) groups excluding carboxylic acids is 1. The van der Waals surface area contributed by atoms with Crippen LogP contribution in [0.15, 0.2) is 18.2 Å². The van der Waals surface area contributed by atoms with E-state index in [0.29, 0.717) is 0 Å². The monoisotopic (exact) mass is 240 g/mol. The fourth-order valence-electron chi connectivity index (χ4n) is 1.36. The van der Waals surface area contributed by atoms with Crippen molar-refractivity contribution in [3.05, 3.63) is 23.8 Å². The van der Waals surface area contributed by atoms with Crippen molar-refractivity contribution >= 4 is 5.91 Å². The van der Waals surface area contributed by atoms with Crippen LogP contribution in [-0.2, 0) is 4.79 Å². The summed E-state index contributed by atoms with van der Waals surface area (Å²) in [4.78, 5) is 12.8. The van der Waals surface area contributed by atoms with Gasteiger partial charge in [-0.2, -0.15) is 0 Å². The molecule has 0 fully saturated rings. The average Bonchev–Trinajstić information content (AvgIpc) is 2.29. The molecule has 0 bridgehead atoms. The molecule has 0 radical (unpaired) electrons. The van der Waals surface area contributed by atoms with Gasteiger partial charge in [-0.15, -0.1) is 0 Å². The number of aliphatic hydroxyl groups excluding tert-OH is 1. The van der Waals surface area contributed by atoms with Crippen molar-refractivity contribution in [3.63, 3.8) is 0 Å². The van der Waals surface area contributed by atoms with Gasteiger partial charge in [-0.1, -0.05) is 6.07 Å². The second-order valence-corrected chi connectivity index (χ2v) is 3.95. The van der Waals surface area contributed by atoms with E-state index in [1.54, 1.807) is 0 Å². The number of carbonyl (C=O) groups is 1. The van der Waals surface area contributed by atoms with Crippen LogP contribution in [0.1, 0.15) is 11.7 Å². The quantitative estimate of drug-likeness (QED) is 0.535. The summed E-state index contributed by atoms with van der Waals surface area (Å²) >= 11 is 0. The molecular weight excluding hydrogens is 224 g/mol. The number of phenolic OH excluding ortho intramolecular Hbond substituents is 2. The highest BCUT2D eigenvalue weighted by molar-refractivity contribution is 5.82. The third-order valence-corrected chi connectivity index (χ3v) is 2.41. The minimum Gasteiger partial charge on any atom is -0.504 e. The first-order chi connectivity index (χ1) is 7.84. The zero-order valence-electron chi connectivity index (χ0n) is 9.66. The van der Waals surface area contributed by atoms with E-state index in [0.717, 1.165) is 0 Å². The first kappa shape index (κ1) is 13.3. The van der Waals surface area contributed by atoms with Gasteiger partial charge in [-0.25, -0.2) is 0 Å². The van der Waals surface area contributed by atoms with E-state index in [1.165, 1.54) is 37.2 Å². The number of aromatic hydroxyl groups is 2. The molecule has 0 spiro atoms. The van der Waals surface area contributed by atoms with E-state index in [-0.39, 0.29) is 17.1 Å². The number of nitrogens with two attached hydrogens (primary N) is 1. The maximum Gasteiger partial charge on any atom is 0.242 e. The van der Waals surface area contributed by atoms with Gasteiger partial charge in [0.15, 0.2) is 11.5 Å². The van der Waals surface area contributed by atoms with Gasteiger partial charge >= 0.3 is 0 Å². The van der Waals surface area contributed by atoms with Crippen molar-refractivity contribution < 1.29 is 20.1 Å². The molecule has 0 unspecified atom stereocenters. The molecule has 1 aromatic carbocycles. The van der Waals surface area contributed by atoms with Gasteiger partial charge in [0.05, 0.1) is 0 Å². The largest absolute Gasteiger partial charge is 0.504 e. The molecule has 0 aliphatic carbocycles. The molecule has 1 aromatic rings. The zero-order chi connectivity index (χ0) is 13.2. The van der Waals surface area contributed by atoms with Crippen LogP contribution in [0.4, 0.5) is 0 Å². The Balaban J connectivity index is 2.92. The Morgan fingerprint density at radius 2 is 1.88 bits per heavy atom. The Morgan fingerprint density at radius 3 is 2.35 bits per heavy atom. The van der Waals surface area contributed by atoms with Crippen molar-refractivity contribution in [2.24, 2.45) is 5.73 Å².